The maximum Gasteiger partial charge on any atom is 0.412 e. The van der Waals surface area contributed by atoms with Crippen LogP contribution < -0.4 is 5.32 Å². The predicted octanol–water partition coefficient (Wildman–Crippen LogP) is 3.37. The number of nitrogens with one attached hydrogen (secondary N) is 1. The first kappa shape index (κ1) is 23.0. The second-order valence-electron chi connectivity index (χ2n) is 7.04. The molecule has 0 radical (unpaired) electrons. The molecule has 0 aromatic heterocycles. The first-order chi connectivity index (χ1) is 13.1. The van der Waals surface area contributed by atoms with Gasteiger partial charge in [0.25, 0.3) is 0 Å². The molecule has 0 saturated carbocycles. The molecule has 1 atom stereocenters. The SMILES string of the molecule is C=CCOC(=O)N(C)C(Cc1ccc(NC(=O)OC(C)(C)C)cc1)C(=O)OC. The molecule has 1 N–H and O–H groups in total. The van der Waals surface area contributed by atoms with Gasteiger partial charge in [-0.3, -0.25) is 10.2 Å². The highest BCUT2D eigenvalue weighted by atomic mass is 16.6. The number of hydrogen-bond donors (Lipinski definition) is 1. The molecule has 1 aromatic rings. The Kier molecular flexibility index (Phi) is 8.50. The van der Waals surface area contributed by atoms with Gasteiger partial charge in [-0.15, -0.1) is 0 Å². The van der Waals surface area contributed by atoms with E-state index in [2.05, 4.69) is 11.9 Å². The number of anilines is 1. The van der Waals surface area contributed by atoms with Crippen molar-refractivity contribution >= 4 is 23.8 Å². The molecule has 28 heavy (non-hydrogen) atoms. The number of ether oxygens (including phenoxy) is 3. The van der Waals surface area contributed by atoms with Crippen LogP contribution in [0.15, 0.2) is 36.9 Å². The summed E-state index contributed by atoms with van der Waals surface area (Å²) in [7, 11) is 2.72. The topological polar surface area (TPSA) is 94.2 Å². The summed E-state index contributed by atoms with van der Waals surface area (Å²) >= 11 is 0. The Morgan fingerprint density at radius 2 is 1.82 bits per heavy atom. The largest absolute Gasteiger partial charge is 0.467 e. The molecule has 1 rings (SSSR count). The smallest absolute Gasteiger partial charge is 0.412 e. The minimum Gasteiger partial charge on any atom is -0.467 e. The average Bonchev–Trinajstić information content (AvgIpc) is 2.62. The lowest BCUT2D eigenvalue weighted by atomic mass is 10.0. The highest BCUT2D eigenvalue weighted by Crippen LogP contribution is 2.16. The average molecular weight is 392 g/mol. The zero-order chi connectivity index (χ0) is 21.3. The van der Waals surface area contributed by atoms with Gasteiger partial charge in [-0.1, -0.05) is 24.8 Å². The van der Waals surface area contributed by atoms with E-state index >= 15 is 0 Å². The van der Waals surface area contributed by atoms with Crippen molar-refractivity contribution in [2.75, 3.05) is 26.1 Å². The van der Waals surface area contributed by atoms with Gasteiger partial charge in [0, 0.05) is 19.2 Å². The van der Waals surface area contributed by atoms with Crippen molar-refractivity contribution in [1.82, 2.24) is 4.90 Å². The standard InChI is InChI=1S/C20H28N2O6/c1-7-12-27-19(25)22(5)16(17(23)26-6)13-14-8-10-15(11-9-14)21-18(24)28-20(2,3)4/h7-11,16H,1,12-13H2,2-6H3,(H,21,24). The van der Waals surface area contributed by atoms with Crippen LogP contribution in [-0.4, -0.2) is 55.5 Å². The Bertz CT molecular complexity index is 694. The van der Waals surface area contributed by atoms with E-state index in [0.717, 1.165) is 5.56 Å². The van der Waals surface area contributed by atoms with E-state index in [0.29, 0.717) is 5.69 Å². The maximum atomic E-state index is 12.1. The lowest BCUT2D eigenvalue weighted by Gasteiger charge is -2.25. The van der Waals surface area contributed by atoms with Gasteiger partial charge in [0.15, 0.2) is 0 Å². The van der Waals surface area contributed by atoms with Crippen LogP contribution in [0, 0.1) is 0 Å². The lowest BCUT2D eigenvalue weighted by molar-refractivity contribution is -0.145. The molecule has 0 aliphatic carbocycles. The van der Waals surface area contributed by atoms with E-state index in [1.54, 1.807) is 45.0 Å². The molecule has 0 heterocycles. The number of carbonyl (C=O) groups excluding carboxylic acids is 3. The third-order valence-corrected chi connectivity index (χ3v) is 3.58. The Morgan fingerprint density at radius 3 is 2.32 bits per heavy atom. The molecule has 8 nitrogen and oxygen atoms in total. The van der Waals surface area contributed by atoms with Crippen molar-refractivity contribution in [2.45, 2.75) is 38.8 Å². The summed E-state index contributed by atoms with van der Waals surface area (Å²) < 4.78 is 15.0. The van der Waals surface area contributed by atoms with Gasteiger partial charge < -0.3 is 14.2 Å². The summed E-state index contributed by atoms with van der Waals surface area (Å²) in [6.07, 6.45) is 0.449. The van der Waals surface area contributed by atoms with E-state index in [1.165, 1.54) is 25.1 Å². The molecule has 0 spiro atoms. The molecule has 1 aromatic carbocycles. The van der Waals surface area contributed by atoms with E-state index in [1.807, 2.05) is 0 Å². The first-order valence-electron chi connectivity index (χ1n) is 8.74. The molecule has 0 aliphatic heterocycles. The molecule has 1 unspecified atom stereocenters. The van der Waals surface area contributed by atoms with Crippen molar-refractivity contribution in [3.05, 3.63) is 42.5 Å². The molecule has 154 valence electrons. The van der Waals surface area contributed by atoms with Gasteiger partial charge in [-0.05, 0) is 38.5 Å². The first-order valence-corrected chi connectivity index (χ1v) is 8.74. The number of esters is 1. The second kappa shape index (κ2) is 10.3. The fourth-order valence-electron chi connectivity index (χ4n) is 2.24. The van der Waals surface area contributed by atoms with Crippen LogP contribution in [0.4, 0.5) is 15.3 Å². The molecule has 2 amide bonds. The summed E-state index contributed by atoms with van der Waals surface area (Å²) in [6, 6.07) is 6.00. The van der Waals surface area contributed by atoms with Crippen molar-refractivity contribution in [2.24, 2.45) is 0 Å². The Labute approximate surface area is 165 Å². The molecular weight excluding hydrogens is 364 g/mol. The number of methoxy groups -OCH3 is 1. The lowest BCUT2D eigenvalue weighted by Crippen LogP contribution is -2.44. The van der Waals surface area contributed by atoms with Crippen LogP contribution in [0.5, 0.6) is 0 Å². The highest BCUT2D eigenvalue weighted by molar-refractivity contribution is 5.85. The minimum atomic E-state index is -0.855. The summed E-state index contributed by atoms with van der Waals surface area (Å²) in [4.78, 5) is 37.1. The van der Waals surface area contributed by atoms with E-state index < -0.39 is 29.8 Å². The van der Waals surface area contributed by atoms with Crippen LogP contribution in [-0.2, 0) is 25.4 Å². The molecule has 8 heteroatoms. The van der Waals surface area contributed by atoms with E-state index in [-0.39, 0.29) is 13.0 Å². The number of carbonyl (C=O) groups is 3. The van der Waals surface area contributed by atoms with Crippen molar-refractivity contribution in [3.8, 4) is 0 Å². The Morgan fingerprint density at radius 1 is 1.21 bits per heavy atom. The van der Waals surface area contributed by atoms with Gasteiger partial charge in [0.05, 0.1) is 7.11 Å². The fourth-order valence-corrected chi connectivity index (χ4v) is 2.24. The number of amides is 2. The van der Waals surface area contributed by atoms with E-state index in [4.69, 9.17) is 14.2 Å². The third kappa shape index (κ3) is 7.69. The van der Waals surface area contributed by atoms with Gasteiger partial charge in [0.1, 0.15) is 18.2 Å². The number of hydrogen-bond acceptors (Lipinski definition) is 6. The zero-order valence-corrected chi connectivity index (χ0v) is 17.0. The van der Waals surface area contributed by atoms with Crippen molar-refractivity contribution in [1.29, 1.82) is 0 Å². The minimum absolute atomic E-state index is 0.0437. The molecule has 0 fully saturated rings. The van der Waals surface area contributed by atoms with Crippen molar-refractivity contribution < 1.29 is 28.6 Å². The molecule has 0 aliphatic rings. The monoisotopic (exact) mass is 392 g/mol. The van der Waals surface area contributed by atoms with Crippen LogP contribution in [0.2, 0.25) is 0 Å². The Balaban J connectivity index is 2.81. The predicted molar refractivity (Wildman–Crippen MR) is 105 cm³/mol. The van der Waals surface area contributed by atoms with Gasteiger partial charge in [0.2, 0.25) is 0 Å². The summed E-state index contributed by atoms with van der Waals surface area (Å²) in [5.74, 6) is -0.561. The summed E-state index contributed by atoms with van der Waals surface area (Å²) in [5.41, 5.74) is 0.725. The normalized spacial score (nSPS) is 11.8. The van der Waals surface area contributed by atoms with Gasteiger partial charge >= 0.3 is 18.2 Å². The van der Waals surface area contributed by atoms with E-state index in [9.17, 15) is 14.4 Å². The maximum absolute atomic E-state index is 12.1. The summed E-state index contributed by atoms with van der Waals surface area (Å²) in [5, 5.41) is 2.63. The molecule has 0 bridgehead atoms. The van der Waals surface area contributed by atoms with Gasteiger partial charge in [-0.25, -0.2) is 14.4 Å². The number of likely N-dealkylation sites (N-methyl/N-ethyl adjacent to an activating group) is 1. The molecule has 0 saturated heterocycles. The van der Waals surface area contributed by atoms with Gasteiger partial charge in [-0.2, -0.15) is 0 Å². The van der Waals surface area contributed by atoms with Crippen LogP contribution in [0.1, 0.15) is 26.3 Å². The Hall–Kier alpha value is -3.03. The second-order valence-corrected chi connectivity index (χ2v) is 7.04. The summed E-state index contributed by atoms with van der Waals surface area (Å²) in [6.45, 7) is 8.85. The third-order valence-electron chi connectivity index (χ3n) is 3.58. The van der Waals surface area contributed by atoms with Crippen LogP contribution >= 0.6 is 0 Å². The number of rotatable bonds is 7. The molecular formula is C20H28N2O6. The quantitative estimate of drug-likeness (QED) is 0.434. The van der Waals surface area contributed by atoms with Crippen LogP contribution in [0.25, 0.3) is 0 Å². The fraction of sp³-hybridized carbons (Fsp3) is 0.450. The number of benzene rings is 1. The highest BCUT2D eigenvalue weighted by Gasteiger charge is 2.29. The number of nitrogens with zero attached hydrogens (tertiary/aromatic N) is 1. The zero-order valence-electron chi connectivity index (χ0n) is 17.0. The van der Waals surface area contributed by atoms with Crippen molar-refractivity contribution in [3.63, 3.8) is 0 Å². The van der Waals surface area contributed by atoms with Crippen LogP contribution in [0.3, 0.4) is 0 Å².